The Morgan fingerprint density at radius 1 is 1.30 bits per heavy atom. The molecule has 1 aliphatic carbocycles. The molecule has 20 heavy (non-hydrogen) atoms. The standard InChI is InChI=1S/C15H15F2N3/c1-9-11-4-2-3-5-14(11)19-20(9)15-7-12(16)10(8-18)6-13(15)17/h6-7,14,19H,2-5H2,1H3. The van der Waals surface area contributed by atoms with Crippen LogP contribution >= 0.6 is 0 Å². The van der Waals surface area contributed by atoms with Gasteiger partial charge in [0, 0.05) is 17.8 Å². The molecule has 1 aromatic rings. The van der Waals surface area contributed by atoms with E-state index in [0.29, 0.717) is 0 Å². The molecule has 1 unspecified atom stereocenters. The van der Waals surface area contributed by atoms with Gasteiger partial charge < -0.3 is 0 Å². The first-order chi connectivity index (χ1) is 9.61. The number of anilines is 1. The fourth-order valence-electron chi connectivity index (χ4n) is 3.03. The zero-order valence-corrected chi connectivity index (χ0v) is 11.2. The molecule has 1 atom stereocenters. The van der Waals surface area contributed by atoms with Crippen molar-refractivity contribution in [1.29, 1.82) is 5.26 Å². The molecule has 1 aliphatic heterocycles. The second kappa shape index (κ2) is 4.88. The van der Waals surface area contributed by atoms with Crippen molar-refractivity contribution in [2.24, 2.45) is 0 Å². The highest BCUT2D eigenvalue weighted by Crippen LogP contribution is 2.36. The molecule has 104 valence electrons. The monoisotopic (exact) mass is 275 g/mol. The van der Waals surface area contributed by atoms with Gasteiger partial charge in [0.15, 0.2) is 0 Å². The molecular weight excluding hydrogens is 260 g/mol. The highest BCUT2D eigenvalue weighted by atomic mass is 19.1. The fraction of sp³-hybridized carbons (Fsp3) is 0.400. The Kier molecular flexibility index (Phi) is 3.19. The molecule has 2 aliphatic rings. The largest absolute Gasteiger partial charge is 0.278 e. The number of nitriles is 1. The van der Waals surface area contributed by atoms with Gasteiger partial charge in [-0.05, 0) is 37.8 Å². The fourth-order valence-corrected chi connectivity index (χ4v) is 3.03. The van der Waals surface area contributed by atoms with E-state index in [-0.39, 0.29) is 17.3 Å². The van der Waals surface area contributed by atoms with Crippen molar-refractivity contribution < 1.29 is 8.78 Å². The molecule has 5 heteroatoms. The number of benzene rings is 1. The van der Waals surface area contributed by atoms with Crippen molar-refractivity contribution in [2.75, 3.05) is 5.01 Å². The normalized spacial score (nSPS) is 21.9. The predicted octanol–water partition coefficient (Wildman–Crippen LogP) is 3.38. The maximum Gasteiger partial charge on any atom is 0.149 e. The summed E-state index contributed by atoms with van der Waals surface area (Å²) >= 11 is 0. The first-order valence-corrected chi connectivity index (χ1v) is 6.77. The Balaban J connectivity index is 2.01. The van der Waals surface area contributed by atoms with E-state index in [2.05, 4.69) is 5.43 Å². The summed E-state index contributed by atoms with van der Waals surface area (Å²) in [4.78, 5) is 0. The van der Waals surface area contributed by atoms with Crippen LogP contribution in [0.3, 0.4) is 0 Å². The number of hydrogen-bond acceptors (Lipinski definition) is 3. The SMILES string of the molecule is CC1=C2CCCCC2NN1c1cc(F)c(C#N)cc1F. The molecule has 1 N–H and O–H groups in total. The van der Waals surface area contributed by atoms with E-state index >= 15 is 0 Å². The molecule has 0 spiro atoms. The summed E-state index contributed by atoms with van der Waals surface area (Å²) in [6.45, 7) is 1.92. The van der Waals surface area contributed by atoms with Gasteiger partial charge in [-0.2, -0.15) is 5.26 Å². The van der Waals surface area contributed by atoms with Crippen LogP contribution in [0.1, 0.15) is 38.2 Å². The van der Waals surface area contributed by atoms with Gasteiger partial charge >= 0.3 is 0 Å². The first-order valence-electron chi connectivity index (χ1n) is 6.77. The van der Waals surface area contributed by atoms with Crippen molar-refractivity contribution >= 4 is 5.69 Å². The Bertz CT molecular complexity index is 631. The highest BCUT2D eigenvalue weighted by molar-refractivity contribution is 5.57. The third-order valence-corrected chi connectivity index (χ3v) is 4.09. The lowest BCUT2D eigenvalue weighted by Crippen LogP contribution is -2.38. The molecule has 1 saturated carbocycles. The summed E-state index contributed by atoms with van der Waals surface area (Å²) in [7, 11) is 0. The van der Waals surface area contributed by atoms with E-state index in [1.54, 1.807) is 11.1 Å². The number of rotatable bonds is 1. The molecule has 0 radical (unpaired) electrons. The smallest absolute Gasteiger partial charge is 0.149 e. The van der Waals surface area contributed by atoms with Crippen molar-refractivity contribution in [3.05, 3.63) is 40.6 Å². The minimum Gasteiger partial charge on any atom is -0.278 e. The van der Waals surface area contributed by atoms with Crippen LogP contribution in [0.25, 0.3) is 0 Å². The summed E-state index contributed by atoms with van der Waals surface area (Å²) in [5.41, 5.74) is 5.32. The molecule has 0 aromatic heterocycles. The van der Waals surface area contributed by atoms with Crippen molar-refractivity contribution in [3.63, 3.8) is 0 Å². The van der Waals surface area contributed by atoms with Gasteiger partial charge in [0.2, 0.25) is 0 Å². The van der Waals surface area contributed by atoms with E-state index in [4.69, 9.17) is 5.26 Å². The second-order valence-corrected chi connectivity index (χ2v) is 5.27. The Morgan fingerprint density at radius 3 is 2.80 bits per heavy atom. The molecule has 1 fully saturated rings. The molecule has 0 saturated heterocycles. The average Bonchev–Trinajstić information content (AvgIpc) is 2.78. The van der Waals surface area contributed by atoms with Crippen LogP contribution in [-0.4, -0.2) is 6.04 Å². The number of nitrogens with zero attached hydrogens (tertiary/aromatic N) is 2. The minimum atomic E-state index is -0.696. The van der Waals surface area contributed by atoms with E-state index < -0.39 is 11.6 Å². The molecule has 1 heterocycles. The van der Waals surface area contributed by atoms with Gasteiger partial charge in [-0.3, -0.25) is 5.01 Å². The first kappa shape index (κ1) is 13.1. The molecule has 3 rings (SSSR count). The molecule has 0 bridgehead atoms. The van der Waals surface area contributed by atoms with Gasteiger partial charge in [-0.1, -0.05) is 6.42 Å². The third-order valence-electron chi connectivity index (χ3n) is 4.09. The number of fused-ring (bicyclic) bond motifs is 1. The third kappa shape index (κ3) is 1.97. The van der Waals surface area contributed by atoms with Gasteiger partial charge in [0.25, 0.3) is 0 Å². The number of nitrogens with one attached hydrogen (secondary N) is 1. The summed E-state index contributed by atoms with van der Waals surface area (Å²) < 4.78 is 27.8. The number of halogens is 2. The lowest BCUT2D eigenvalue weighted by atomic mass is 9.90. The second-order valence-electron chi connectivity index (χ2n) is 5.27. The number of allylic oxidation sites excluding steroid dienone is 1. The van der Waals surface area contributed by atoms with Gasteiger partial charge in [0.05, 0.1) is 11.3 Å². The lowest BCUT2D eigenvalue weighted by Gasteiger charge is -2.24. The molecule has 0 amide bonds. The van der Waals surface area contributed by atoms with Crippen LogP contribution in [0, 0.1) is 23.0 Å². The van der Waals surface area contributed by atoms with Crippen LogP contribution in [0.4, 0.5) is 14.5 Å². The minimum absolute atomic E-state index is 0.140. The van der Waals surface area contributed by atoms with Crippen LogP contribution in [-0.2, 0) is 0 Å². The zero-order valence-electron chi connectivity index (χ0n) is 11.2. The van der Waals surface area contributed by atoms with Crippen LogP contribution < -0.4 is 10.4 Å². The average molecular weight is 275 g/mol. The van der Waals surface area contributed by atoms with Gasteiger partial charge in [-0.15, -0.1) is 0 Å². The van der Waals surface area contributed by atoms with Crippen LogP contribution in [0.15, 0.2) is 23.4 Å². The van der Waals surface area contributed by atoms with Gasteiger partial charge in [-0.25, -0.2) is 14.2 Å². The van der Waals surface area contributed by atoms with E-state index in [1.807, 2.05) is 6.92 Å². The van der Waals surface area contributed by atoms with Gasteiger partial charge in [0.1, 0.15) is 17.7 Å². The van der Waals surface area contributed by atoms with E-state index in [1.165, 1.54) is 5.57 Å². The van der Waals surface area contributed by atoms with Crippen LogP contribution in [0.2, 0.25) is 0 Å². The maximum absolute atomic E-state index is 14.1. The Morgan fingerprint density at radius 2 is 2.10 bits per heavy atom. The molecule has 3 nitrogen and oxygen atoms in total. The summed E-state index contributed by atoms with van der Waals surface area (Å²) in [6, 6.07) is 3.91. The summed E-state index contributed by atoms with van der Waals surface area (Å²) in [6.07, 6.45) is 4.30. The maximum atomic E-state index is 14.1. The quantitative estimate of drug-likeness (QED) is 0.854. The topological polar surface area (TPSA) is 39.1 Å². The summed E-state index contributed by atoms with van der Waals surface area (Å²) in [5.74, 6) is -1.28. The number of hydrogen-bond donors (Lipinski definition) is 1. The molecular formula is C15H15F2N3. The predicted molar refractivity (Wildman–Crippen MR) is 71.6 cm³/mol. The van der Waals surface area contributed by atoms with Crippen molar-refractivity contribution in [3.8, 4) is 6.07 Å². The Hall–Kier alpha value is -1.93. The molecule has 1 aromatic carbocycles. The van der Waals surface area contributed by atoms with Crippen molar-refractivity contribution in [2.45, 2.75) is 38.6 Å². The summed E-state index contributed by atoms with van der Waals surface area (Å²) in [5, 5.41) is 10.3. The van der Waals surface area contributed by atoms with Crippen molar-refractivity contribution in [1.82, 2.24) is 5.43 Å². The Labute approximate surface area is 116 Å². The lowest BCUT2D eigenvalue weighted by molar-refractivity contribution is 0.482. The van der Waals surface area contributed by atoms with E-state index in [9.17, 15) is 8.78 Å². The van der Waals surface area contributed by atoms with E-state index in [0.717, 1.165) is 43.5 Å². The zero-order chi connectivity index (χ0) is 14.3. The van der Waals surface area contributed by atoms with Crippen LogP contribution in [0.5, 0.6) is 0 Å². The number of hydrazine groups is 1. The highest BCUT2D eigenvalue weighted by Gasteiger charge is 2.32.